The van der Waals surface area contributed by atoms with Crippen LogP contribution in [0, 0.1) is 0 Å². The van der Waals surface area contributed by atoms with E-state index >= 15 is 0 Å². The zero-order valence-corrected chi connectivity index (χ0v) is 15.9. The maximum absolute atomic E-state index is 12.7. The highest BCUT2D eigenvalue weighted by Crippen LogP contribution is 2.26. The maximum atomic E-state index is 12.7. The van der Waals surface area contributed by atoms with Gasteiger partial charge >= 0.3 is 0 Å². The number of sulfonamides is 1. The Bertz CT molecular complexity index is 812. The Kier molecular flexibility index (Phi) is 5.80. The van der Waals surface area contributed by atoms with E-state index in [1.165, 1.54) is 4.31 Å². The first kappa shape index (κ1) is 18.7. The molecule has 0 bridgehead atoms. The largest absolute Gasteiger partial charge is 0.494 e. The summed E-state index contributed by atoms with van der Waals surface area (Å²) in [6, 6.07) is 13.9. The number of piperazine rings is 1. The van der Waals surface area contributed by atoms with Crippen LogP contribution in [-0.4, -0.2) is 57.5 Å². The second-order valence-corrected chi connectivity index (χ2v) is 8.12. The normalized spacial score (nSPS) is 16.4. The molecule has 26 heavy (non-hydrogen) atoms. The highest BCUT2D eigenvalue weighted by Gasteiger charge is 2.27. The van der Waals surface area contributed by atoms with E-state index in [0.29, 0.717) is 36.1 Å². The van der Waals surface area contributed by atoms with Crippen molar-refractivity contribution in [3.63, 3.8) is 0 Å². The zero-order chi connectivity index (χ0) is 18.6. The lowest BCUT2D eigenvalue weighted by Crippen LogP contribution is -2.46. The summed E-state index contributed by atoms with van der Waals surface area (Å²) in [7, 11) is -1.46. The molecule has 0 atom stereocenters. The molecule has 1 fully saturated rings. The van der Waals surface area contributed by atoms with Crippen molar-refractivity contribution in [3.8, 4) is 17.2 Å². The minimum Gasteiger partial charge on any atom is -0.494 e. The van der Waals surface area contributed by atoms with Crippen molar-refractivity contribution in [3.05, 3.63) is 48.5 Å². The van der Waals surface area contributed by atoms with Crippen LogP contribution >= 0.6 is 0 Å². The summed E-state index contributed by atoms with van der Waals surface area (Å²) in [5, 5.41) is 0. The lowest BCUT2D eigenvalue weighted by Gasteiger charge is -2.31. The molecule has 7 heteroatoms. The van der Waals surface area contributed by atoms with Crippen LogP contribution in [0.15, 0.2) is 53.4 Å². The van der Waals surface area contributed by atoms with Crippen molar-refractivity contribution in [1.29, 1.82) is 0 Å². The van der Waals surface area contributed by atoms with Gasteiger partial charge in [-0.1, -0.05) is 0 Å². The van der Waals surface area contributed by atoms with Crippen LogP contribution in [0.2, 0.25) is 0 Å². The van der Waals surface area contributed by atoms with Crippen LogP contribution in [0.5, 0.6) is 17.2 Å². The fourth-order valence-electron chi connectivity index (χ4n) is 2.76. The molecule has 0 aliphatic carbocycles. The molecule has 1 saturated heterocycles. The lowest BCUT2D eigenvalue weighted by atomic mass is 10.3. The van der Waals surface area contributed by atoms with Crippen LogP contribution in [0.1, 0.15) is 6.92 Å². The molecule has 6 nitrogen and oxygen atoms in total. The fraction of sp³-hybridized carbons (Fsp3) is 0.368. The van der Waals surface area contributed by atoms with Gasteiger partial charge < -0.3 is 14.4 Å². The van der Waals surface area contributed by atoms with Gasteiger partial charge in [0.1, 0.15) is 17.2 Å². The van der Waals surface area contributed by atoms with E-state index in [9.17, 15) is 8.42 Å². The monoisotopic (exact) mass is 376 g/mol. The van der Waals surface area contributed by atoms with Gasteiger partial charge in [-0.25, -0.2) is 8.42 Å². The average molecular weight is 376 g/mol. The molecule has 0 spiro atoms. The third-order valence-corrected chi connectivity index (χ3v) is 6.21. The van der Waals surface area contributed by atoms with Crippen molar-refractivity contribution in [2.24, 2.45) is 0 Å². The van der Waals surface area contributed by atoms with E-state index in [4.69, 9.17) is 9.47 Å². The van der Waals surface area contributed by atoms with Crippen molar-refractivity contribution >= 4 is 10.0 Å². The van der Waals surface area contributed by atoms with Crippen LogP contribution in [0.3, 0.4) is 0 Å². The Hall–Kier alpha value is -2.09. The molecule has 3 rings (SSSR count). The van der Waals surface area contributed by atoms with E-state index in [0.717, 1.165) is 18.8 Å². The smallest absolute Gasteiger partial charge is 0.243 e. The number of likely N-dealkylation sites (N-methyl/N-ethyl adjacent to an activating group) is 1. The average Bonchev–Trinajstić information content (AvgIpc) is 2.64. The van der Waals surface area contributed by atoms with Crippen LogP contribution in [-0.2, 0) is 10.0 Å². The second kappa shape index (κ2) is 8.07. The van der Waals surface area contributed by atoms with Crippen molar-refractivity contribution < 1.29 is 17.9 Å². The molecule has 0 unspecified atom stereocenters. The standard InChI is InChI=1S/C19H24N2O4S/c1-3-24-16-4-6-17(7-5-16)25-18-8-10-19(11-9-18)26(22,23)21-14-12-20(2)13-15-21/h4-11H,3,12-15H2,1-2H3. The first-order valence-corrected chi connectivity index (χ1v) is 10.1. The summed E-state index contributed by atoms with van der Waals surface area (Å²) in [5.74, 6) is 2.04. The third-order valence-electron chi connectivity index (χ3n) is 4.29. The number of nitrogens with zero attached hydrogens (tertiary/aromatic N) is 2. The first-order valence-electron chi connectivity index (χ1n) is 8.68. The minimum absolute atomic E-state index is 0.293. The lowest BCUT2D eigenvalue weighted by molar-refractivity contribution is 0.222. The number of benzene rings is 2. The Balaban J connectivity index is 1.68. The van der Waals surface area contributed by atoms with Crippen molar-refractivity contribution in [1.82, 2.24) is 9.21 Å². The number of hydrogen-bond acceptors (Lipinski definition) is 5. The maximum Gasteiger partial charge on any atom is 0.243 e. The van der Waals surface area contributed by atoms with Gasteiger partial charge in [-0.2, -0.15) is 4.31 Å². The zero-order valence-electron chi connectivity index (χ0n) is 15.1. The van der Waals surface area contributed by atoms with Gasteiger partial charge in [0.25, 0.3) is 0 Å². The molecule has 0 amide bonds. The number of hydrogen-bond donors (Lipinski definition) is 0. The molecule has 2 aromatic carbocycles. The van der Waals surface area contributed by atoms with E-state index < -0.39 is 10.0 Å². The summed E-state index contributed by atoms with van der Waals surface area (Å²) in [6.07, 6.45) is 0. The second-order valence-electron chi connectivity index (χ2n) is 6.19. The molecule has 0 N–H and O–H groups in total. The molecule has 1 aliphatic heterocycles. The van der Waals surface area contributed by atoms with E-state index in [2.05, 4.69) is 4.90 Å². The van der Waals surface area contributed by atoms with E-state index in [1.54, 1.807) is 24.3 Å². The SMILES string of the molecule is CCOc1ccc(Oc2ccc(S(=O)(=O)N3CCN(C)CC3)cc2)cc1. The summed E-state index contributed by atoms with van der Waals surface area (Å²) in [5.41, 5.74) is 0. The Morgan fingerprint density at radius 1 is 0.846 bits per heavy atom. The Labute approximate surface area is 155 Å². The van der Waals surface area contributed by atoms with Crippen LogP contribution in [0.4, 0.5) is 0 Å². The molecular weight excluding hydrogens is 352 g/mol. The van der Waals surface area contributed by atoms with Gasteiger partial charge in [-0.15, -0.1) is 0 Å². The highest BCUT2D eigenvalue weighted by atomic mass is 32.2. The summed E-state index contributed by atoms with van der Waals surface area (Å²) in [4.78, 5) is 2.42. The summed E-state index contributed by atoms with van der Waals surface area (Å²) < 4.78 is 38.1. The fourth-order valence-corrected chi connectivity index (χ4v) is 4.19. The number of rotatable bonds is 6. The molecule has 0 saturated carbocycles. The summed E-state index contributed by atoms with van der Waals surface area (Å²) in [6.45, 7) is 5.08. The summed E-state index contributed by atoms with van der Waals surface area (Å²) >= 11 is 0. The topological polar surface area (TPSA) is 59.1 Å². The van der Waals surface area contributed by atoms with Crippen LogP contribution < -0.4 is 9.47 Å². The first-order chi connectivity index (χ1) is 12.5. The van der Waals surface area contributed by atoms with Gasteiger partial charge in [-0.05, 0) is 62.5 Å². The molecule has 1 aliphatic rings. The number of ether oxygens (including phenoxy) is 2. The van der Waals surface area contributed by atoms with Crippen molar-refractivity contribution in [2.75, 3.05) is 39.8 Å². The van der Waals surface area contributed by atoms with E-state index in [1.807, 2.05) is 38.2 Å². The van der Waals surface area contributed by atoms with Gasteiger partial charge in [0, 0.05) is 26.2 Å². The predicted octanol–water partition coefficient (Wildman–Crippen LogP) is 2.81. The quantitative estimate of drug-likeness (QED) is 0.776. The van der Waals surface area contributed by atoms with Crippen molar-refractivity contribution in [2.45, 2.75) is 11.8 Å². The molecular formula is C19H24N2O4S. The predicted molar refractivity (Wildman–Crippen MR) is 100 cm³/mol. The Morgan fingerprint density at radius 2 is 1.35 bits per heavy atom. The van der Waals surface area contributed by atoms with Gasteiger partial charge in [0.2, 0.25) is 10.0 Å². The van der Waals surface area contributed by atoms with Gasteiger partial charge in [-0.3, -0.25) is 0 Å². The van der Waals surface area contributed by atoms with Crippen LogP contribution in [0.25, 0.3) is 0 Å². The molecule has 1 heterocycles. The highest BCUT2D eigenvalue weighted by molar-refractivity contribution is 7.89. The van der Waals surface area contributed by atoms with Gasteiger partial charge in [0.15, 0.2) is 0 Å². The minimum atomic E-state index is -3.45. The van der Waals surface area contributed by atoms with E-state index in [-0.39, 0.29) is 0 Å². The molecule has 2 aromatic rings. The molecule has 0 aromatic heterocycles. The Morgan fingerprint density at radius 3 is 1.88 bits per heavy atom. The molecule has 0 radical (unpaired) electrons. The molecule has 140 valence electrons. The third kappa shape index (κ3) is 4.35. The van der Waals surface area contributed by atoms with Gasteiger partial charge in [0.05, 0.1) is 11.5 Å².